The second-order valence-electron chi connectivity index (χ2n) is 6.52. The lowest BCUT2D eigenvalue weighted by Gasteiger charge is -2.15. The lowest BCUT2D eigenvalue weighted by Crippen LogP contribution is -2.30. The van der Waals surface area contributed by atoms with Crippen LogP contribution < -0.4 is 0 Å². The number of benzene rings is 1. The van der Waals surface area contributed by atoms with Crippen molar-refractivity contribution in [3.63, 3.8) is 0 Å². The van der Waals surface area contributed by atoms with Gasteiger partial charge in [-0.15, -0.1) is 0 Å². The molecule has 26 heavy (non-hydrogen) atoms. The van der Waals surface area contributed by atoms with Crippen LogP contribution in [0, 0.1) is 6.92 Å². The molecule has 0 spiro atoms. The highest BCUT2D eigenvalue weighted by Gasteiger charge is 2.36. The van der Waals surface area contributed by atoms with E-state index in [9.17, 15) is 9.18 Å². The molecule has 1 fully saturated rings. The molecule has 1 amide bonds. The zero-order chi connectivity index (χ0) is 18.1. The van der Waals surface area contributed by atoms with Crippen molar-refractivity contribution in [1.82, 2.24) is 19.9 Å². The molecule has 2 atom stereocenters. The highest BCUT2D eigenvalue weighted by atomic mass is 19.1. The number of H-pyrrole nitrogens is 1. The zero-order valence-corrected chi connectivity index (χ0v) is 14.4. The minimum Gasteiger partial charge on any atom is -0.365 e. The summed E-state index contributed by atoms with van der Waals surface area (Å²) in [6, 6.07) is 9.30. The number of amides is 1. The Labute approximate surface area is 150 Å². The Hall–Kier alpha value is -2.80. The van der Waals surface area contributed by atoms with Gasteiger partial charge in [-0.25, -0.2) is 9.37 Å². The predicted octanol–water partition coefficient (Wildman–Crippen LogP) is 2.65. The van der Waals surface area contributed by atoms with Crippen LogP contribution in [0.1, 0.15) is 21.7 Å². The summed E-state index contributed by atoms with van der Waals surface area (Å²) in [5, 5.41) is 0. The number of likely N-dealkylation sites (tertiary alicyclic amines) is 1. The minimum atomic E-state index is -1.22. The fraction of sp³-hybridized carbons (Fsp3) is 0.316. The number of aryl methyl sites for hydroxylation is 1. The maximum atomic E-state index is 14.3. The van der Waals surface area contributed by atoms with E-state index in [1.54, 1.807) is 18.3 Å². The Bertz CT molecular complexity index is 928. The summed E-state index contributed by atoms with van der Waals surface area (Å²) in [4.78, 5) is 25.4. The monoisotopic (exact) mass is 354 g/mol. The van der Waals surface area contributed by atoms with Crippen LogP contribution in [-0.2, 0) is 11.3 Å². The molecular weight excluding hydrogens is 335 g/mol. The van der Waals surface area contributed by atoms with Crippen molar-refractivity contribution in [2.75, 3.05) is 13.1 Å². The van der Waals surface area contributed by atoms with Gasteiger partial charge in [-0.2, -0.15) is 0 Å². The lowest BCUT2D eigenvalue weighted by atomic mass is 10.2. The van der Waals surface area contributed by atoms with Gasteiger partial charge in [0.2, 0.25) is 0 Å². The van der Waals surface area contributed by atoms with E-state index in [4.69, 9.17) is 4.74 Å². The first kappa shape index (κ1) is 16.7. The number of hydrogen-bond donors (Lipinski definition) is 1. The number of pyridine rings is 1. The number of ether oxygens (including phenoxy) is 1. The standard InChI is InChI=1S/C19H19FN4O2/c1-12-4-5-15-16(7-12)23-18(22-15)11-26-17-10-24(9-14(17)20)19(25)13-3-2-6-21-8-13/h2-8,14,17H,9-11H2,1H3,(H,22,23)/t14-,17+/m1/s1. The van der Waals surface area contributed by atoms with Gasteiger partial charge in [0.25, 0.3) is 5.91 Å². The number of carbonyl (C=O) groups excluding carboxylic acids is 1. The van der Waals surface area contributed by atoms with Gasteiger partial charge < -0.3 is 14.6 Å². The average molecular weight is 354 g/mol. The second kappa shape index (κ2) is 6.84. The maximum absolute atomic E-state index is 14.3. The Morgan fingerprint density at radius 1 is 1.38 bits per heavy atom. The van der Waals surface area contributed by atoms with Gasteiger partial charge in [0.15, 0.2) is 0 Å². The number of nitrogens with zero attached hydrogens (tertiary/aromatic N) is 3. The maximum Gasteiger partial charge on any atom is 0.255 e. The van der Waals surface area contributed by atoms with Crippen molar-refractivity contribution in [2.45, 2.75) is 25.8 Å². The number of carbonyl (C=O) groups is 1. The van der Waals surface area contributed by atoms with Crippen LogP contribution in [0.3, 0.4) is 0 Å². The van der Waals surface area contributed by atoms with Crippen LogP contribution >= 0.6 is 0 Å². The molecule has 3 heterocycles. The summed E-state index contributed by atoms with van der Waals surface area (Å²) in [5.74, 6) is 0.417. The molecule has 1 aromatic carbocycles. The lowest BCUT2D eigenvalue weighted by molar-refractivity contribution is 0.00887. The van der Waals surface area contributed by atoms with Gasteiger partial charge >= 0.3 is 0 Å². The van der Waals surface area contributed by atoms with E-state index >= 15 is 0 Å². The number of hydrogen-bond acceptors (Lipinski definition) is 4. The molecule has 1 N–H and O–H groups in total. The summed E-state index contributed by atoms with van der Waals surface area (Å²) in [7, 11) is 0. The third-order valence-corrected chi connectivity index (χ3v) is 4.51. The highest BCUT2D eigenvalue weighted by Crippen LogP contribution is 2.21. The Morgan fingerprint density at radius 2 is 2.27 bits per heavy atom. The molecule has 2 aromatic heterocycles. The molecule has 0 radical (unpaired) electrons. The number of alkyl halides is 1. The molecule has 0 saturated carbocycles. The first-order valence-electron chi connectivity index (χ1n) is 8.50. The number of aromatic nitrogens is 3. The largest absolute Gasteiger partial charge is 0.365 e. The van der Waals surface area contributed by atoms with Gasteiger partial charge in [0.05, 0.1) is 29.7 Å². The number of rotatable bonds is 4. The molecule has 1 saturated heterocycles. The van der Waals surface area contributed by atoms with Gasteiger partial charge in [-0.05, 0) is 36.8 Å². The normalized spacial score (nSPS) is 20.0. The van der Waals surface area contributed by atoms with Gasteiger partial charge in [-0.1, -0.05) is 6.07 Å². The SMILES string of the molecule is Cc1ccc2nc(CO[C@H]3CN(C(=O)c4cccnc4)C[C@H]3F)[nH]c2c1. The summed E-state index contributed by atoms with van der Waals surface area (Å²) >= 11 is 0. The van der Waals surface area contributed by atoms with Crippen LogP contribution in [0.25, 0.3) is 11.0 Å². The molecule has 1 aliphatic rings. The predicted molar refractivity (Wildman–Crippen MR) is 94.4 cm³/mol. The molecule has 0 bridgehead atoms. The van der Waals surface area contributed by atoms with Crippen molar-refractivity contribution < 1.29 is 13.9 Å². The fourth-order valence-corrected chi connectivity index (χ4v) is 3.16. The third kappa shape index (κ3) is 3.30. The summed E-state index contributed by atoms with van der Waals surface area (Å²) in [5.41, 5.74) is 3.37. The van der Waals surface area contributed by atoms with Crippen molar-refractivity contribution in [3.05, 3.63) is 59.7 Å². The number of fused-ring (bicyclic) bond motifs is 1. The van der Waals surface area contributed by atoms with E-state index in [-0.39, 0.29) is 25.6 Å². The second-order valence-corrected chi connectivity index (χ2v) is 6.52. The molecule has 0 unspecified atom stereocenters. The van der Waals surface area contributed by atoms with Crippen molar-refractivity contribution in [2.24, 2.45) is 0 Å². The molecule has 3 aromatic rings. The number of imidazole rings is 1. The van der Waals surface area contributed by atoms with Crippen molar-refractivity contribution in [3.8, 4) is 0 Å². The van der Waals surface area contributed by atoms with E-state index in [0.717, 1.165) is 16.6 Å². The van der Waals surface area contributed by atoms with E-state index in [1.807, 2.05) is 25.1 Å². The summed E-state index contributed by atoms with van der Waals surface area (Å²) < 4.78 is 20.0. The Balaban J connectivity index is 1.39. The van der Waals surface area contributed by atoms with Crippen molar-refractivity contribution >= 4 is 16.9 Å². The third-order valence-electron chi connectivity index (χ3n) is 4.51. The molecule has 0 aliphatic carbocycles. The van der Waals surface area contributed by atoms with Crippen LogP contribution in [0.15, 0.2) is 42.7 Å². The van der Waals surface area contributed by atoms with Crippen LogP contribution in [-0.4, -0.2) is 51.1 Å². The van der Waals surface area contributed by atoms with Crippen LogP contribution in [0.2, 0.25) is 0 Å². The number of nitrogens with one attached hydrogen (secondary N) is 1. The topological polar surface area (TPSA) is 71.1 Å². The smallest absolute Gasteiger partial charge is 0.255 e. The van der Waals surface area contributed by atoms with Gasteiger partial charge in [-0.3, -0.25) is 9.78 Å². The molecule has 6 nitrogen and oxygen atoms in total. The highest BCUT2D eigenvalue weighted by molar-refractivity contribution is 5.94. The van der Waals surface area contributed by atoms with E-state index in [2.05, 4.69) is 15.0 Å². The Morgan fingerprint density at radius 3 is 3.08 bits per heavy atom. The van der Waals surface area contributed by atoms with Gasteiger partial charge in [0.1, 0.15) is 24.7 Å². The molecule has 7 heteroatoms. The van der Waals surface area contributed by atoms with E-state index in [0.29, 0.717) is 11.4 Å². The molecular formula is C19H19FN4O2. The van der Waals surface area contributed by atoms with Crippen LogP contribution in [0.5, 0.6) is 0 Å². The molecule has 4 rings (SSSR count). The number of aromatic amines is 1. The minimum absolute atomic E-state index is 0.0255. The van der Waals surface area contributed by atoms with Crippen molar-refractivity contribution in [1.29, 1.82) is 0 Å². The van der Waals surface area contributed by atoms with Gasteiger partial charge in [0, 0.05) is 12.4 Å². The summed E-state index contributed by atoms with van der Waals surface area (Å²) in [6.07, 6.45) is 1.20. The van der Waals surface area contributed by atoms with Crippen LogP contribution in [0.4, 0.5) is 4.39 Å². The zero-order valence-electron chi connectivity index (χ0n) is 14.4. The number of halogens is 1. The molecule has 134 valence electrons. The quantitative estimate of drug-likeness (QED) is 0.782. The average Bonchev–Trinajstić information content (AvgIpc) is 3.22. The van der Waals surface area contributed by atoms with E-state index < -0.39 is 12.3 Å². The summed E-state index contributed by atoms with van der Waals surface area (Å²) in [6.45, 7) is 2.43. The van der Waals surface area contributed by atoms with E-state index in [1.165, 1.54) is 11.1 Å². The first-order chi connectivity index (χ1) is 12.6. The molecule has 1 aliphatic heterocycles. The Kier molecular flexibility index (Phi) is 4.38. The first-order valence-corrected chi connectivity index (χ1v) is 8.50. The fourth-order valence-electron chi connectivity index (χ4n) is 3.16.